The minimum absolute atomic E-state index is 0.141. The first kappa shape index (κ1) is 22.7. The number of likely N-dealkylation sites (tertiary alicyclic amines) is 1. The summed E-state index contributed by atoms with van der Waals surface area (Å²) in [5, 5.41) is 3.91. The lowest BCUT2D eigenvalue weighted by Crippen LogP contribution is -2.43. The number of aromatic amines is 1. The SMILES string of the molecule is O=C(N/C(=C/c1c[nH]c2ccccc12)C(=O)N1CCC(Cc2ccccc2)CC1)c1ccccc1. The van der Waals surface area contributed by atoms with Crippen molar-refractivity contribution >= 4 is 28.8 Å². The Hall–Kier alpha value is -4.12. The molecule has 1 aromatic heterocycles. The molecule has 35 heavy (non-hydrogen) atoms. The van der Waals surface area contributed by atoms with Crippen molar-refractivity contribution in [3.8, 4) is 0 Å². The Kier molecular flexibility index (Phi) is 6.75. The predicted molar refractivity (Wildman–Crippen MR) is 140 cm³/mol. The topological polar surface area (TPSA) is 65.2 Å². The Morgan fingerprint density at radius 2 is 1.54 bits per heavy atom. The lowest BCUT2D eigenvalue weighted by atomic mass is 9.90. The Labute approximate surface area is 205 Å². The van der Waals surface area contributed by atoms with Crippen molar-refractivity contribution in [3.05, 3.63) is 114 Å². The number of nitrogens with one attached hydrogen (secondary N) is 2. The fourth-order valence-corrected chi connectivity index (χ4v) is 4.76. The predicted octanol–water partition coefficient (Wildman–Crippen LogP) is 5.42. The van der Waals surface area contributed by atoms with Crippen molar-refractivity contribution in [2.24, 2.45) is 5.92 Å². The van der Waals surface area contributed by atoms with Gasteiger partial charge in [0.2, 0.25) is 0 Å². The third-order valence-electron chi connectivity index (χ3n) is 6.70. The van der Waals surface area contributed by atoms with Crippen LogP contribution in [-0.4, -0.2) is 34.8 Å². The van der Waals surface area contributed by atoms with Gasteiger partial charge in [-0.05, 0) is 55.0 Å². The number of aromatic nitrogens is 1. The van der Waals surface area contributed by atoms with E-state index in [1.807, 2.05) is 59.6 Å². The van der Waals surface area contributed by atoms with Crippen molar-refractivity contribution in [2.45, 2.75) is 19.3 Å². The van der Waals surface area contributed by atoms with E-state index in [0.717, 1.165) is 35.7 Å². The number of para-hydroxylation sites is 1. The molecule has 5 heteroatoms. The zero-order valence-corrected chi connectivity index (χ0v) is 19.6. The highest BCUT2D eigenvalue weighted by atomic mass is 16.2. The lowest BCUT2D eigenvalue weighted by molar-refractivity contribution is -0.128. The first-order valence-corrected chi connectivity index (χ1v) is 12.1. The van der Waals surface area contributed by atoms with Crippen LogP contribution in [0.5, 0.6) is 0 Å². The van der Waals surface area contributed by atoms with E-state index in [2.05, 4.69) is 34.6 Å². The van der Waals surface area contributed by atoms with Gasteiger partial charge in [-0.2, -0.15) is 0 Å². The van der Waals surface area contributed by atoms with E-state index in [9.17, 15) is 9.59 Å². The van der Waals surface area contributed by atoms with Crippen LogP contribution in [0, 0.1) is 5.92 Å². The first-order chi connectivity index (χ1) is 17.2. The number of hydrogen-bond donors (Lipinski definition) is 2. The summed E-state index contributed by atoms with van der Waals surface area (Å²) in [7, 11) is 0. The Morgan fingerprint density at radius 1 is 0.886 bits per heavy atom. The summed E-state index contributed by atoms with van der Waals surface area (Å²) in [5.41, 5.74) is 4.02. The maximum atomic E-state index is 13.6. The smallest absolute Gasteiger partial charge is 0.270 e. The van der Waals surface area contributed by atoms with Crippen LogP contribution in [0.3, 0.4) is 0 Å². The average molecular weight is 464 g/mol. The number of H-pyrrole nitrogens is 1. The molecule has 5 nitrogen and oxygen atoms in total. The fourth-order valence-electron chi connectivity index (χ4n) is 4.76. The highest BCUT2D eigenvalue weighted by Gasteiger charge is 2.26. The van der Waals surface area contributed by atoms with Crippen molar-refractivity contribution in [1.82, 2.24) is 15.2 Å². The van der Waals surface area contributed by atoms with E-state index < -0.39 is 0 Å². The zero-order valence-electron chi connectivity index (χ0n) is 19.6. The molecule has 1 saturated heterocycles. The Balaban J connectivity index is 1.35. The van der Waals surface area contributed by atoms with Gasteiger partial charge < -0.3 is 15.2 Å². The van der Waals surface area contributed by atoms with Crippen LogP contribution >= 0.6 is 0 Å². The van der Waals surface area contributed by atoms with E-state index in [4.69, 9.17) is 0 Å². The highest BCUT2D eigenvalue weighted by molar-refractivity contribution is 6.06. The maximum absolute atomic E-state index is 13.6. The third kappa shape index (κ3) is 5.35. The van der Waals surface area contributed by atoms with Gasteiger partial charge in [0, 0.05) is 41.3 Å². The summed E-state index contributed by atoms with van der Waals surface area (Å²) in [6.45, 7) is 1.37. The second-order valence-corrected chi connectivity index (χ2v) is 9.09. The van der Waals surface area contributed by atoms with Gasteiger partial charge in [0.15, 0.2) is 0 Å². The van der Waals surface area contributed by atoms with Crippen LogP contribution in [0.2, 0.25) is 0 Å². The Morgan fingerprint density at radius 3 is 2.29 bits per heavy atom. The number of piperidine rings is 1. The molecular weight excluding hydrogens is 434 g/mol. The molecule has 2 amide bonds. The molecule has 176 valence electrons. The fraction of sp³-hybridized carbons (Fsp3) is 0.200. The molecule has 2 N–H and O–H groups in total. The molecule has 0 atom stereocenters. The number of fused-ring (bicyclic) bond motifs is 1. The van der Waals surface area contributed by atoms with Gasteiger partial charge in [-0.3, -0.25) is 9.59 Å². The molecule has 1 aliphatic heterocycles. The zero-order chi connectivity index (χ0) is 24.0. The van der Waals surface area contributed by atoms with Crippen molar-refractivity contribution in [1.29, 1.82) is 0 Å². The molecule has 1 fully saturated rings. The molecule has 1 aliphatic rings. The number of benzene rings is 3. The van der Waals surface area contributed by atoms with E-state index >= 15 is 0 Å². The molecule has 2 heterocycles. The van der Waals surface area contributed by atoms with E-state index in [1.54, 1.807) is 18.2 Å². The maximum Gasteiger partial charge on any atom is 0.270 e. The molecule has 5 rings (SSSR count). The number of rotatable bonds is 6. The molecular formula is C30H29N3O2. The molecule has 0 saturated carbocycles. The van der Waals surface area contributed by atoms with Crippen LogP contribution in [0.4, 0.5) is 0 Å². The van der Waals surface area contributed by atoms with Crippen LogP contribution in [0.1, 0.15) is 34.3 Å². The molecule has 0 aliphatic carbocycles. The number of hydrogen-bond acceptors (Lipinski definition) is 2. The molecule has 4 aromatic rings. The average Bonchev–Trinajstić information content (AvgIpc) is 3.32. The van der Waals surface area contributed by atoms with Crippen molar-refractivity contribution in [2.75, 3.05) is 13.1 Å². The van der Waals surface area contributed by atoms with Crippen molar-refractivity contribution < 1.29 is 9.59 Å². The number of carbonyl (C=O) groups is 2. The largest absolute Gasteiger partial charge is 0.361 e. The molecule has 0 unspecified atom stereocenters. The monoisotopic (exact) mass is 463 g/mol. The summed E-state index contributed by atoms with van der Waals surface area (Å²) in [5.74, 6) is 0.128. The van der Waals surface area contributed by atoms with E-state index in [-0.39, 0.29) is 11.8 Å². The highest BCUT2D eigenvalue weighted by Crippen LogP contribution is 2.24. The quantitative estimate of drug-likeness (QED) is 0.375. The molecule has 0 bridgehead atoms. The Bertz CT molecular complexity index is 1330. The third-order valence-corrected chi connectivity index (χ3v) is 6.70. The standard InChI is InChI=1S/C30H29N3O2/c34-29(24-11-5-2-6-12-24)32-28(20-25-21-31-27-14-8-7-13-26(25)27)30(35)33-17-15-23(16-18-33)19-22-9-3-1-4-10-22/h1-14,20-21,23,31H,15-19H2,(H,32,34)/b28-20+. The van der Waals surface area contributed by atoms with Crippen LogP contribution in [-0.2, 0) is 11.2 Å². The number of carbonyl (C=O) groups excluding carboxylic acids is 2. The van der Waals surface area contributed by atoms with Crippen LogP contribution in [0.25, 0.3) is 17.0 Å². The first-order valence-electron chi connectivity index (χ1n) is 12.1. The normalized spacial score (nSPS) is 14.7. The van der Waals surface area contributed by atoms with Gasteiger partial charge in [0.05, 0.1) is 0 Å². The molecule has 0 spiro atoms. The van der Waals surface area contributed by atoms with Gasteiger partial charge in [-0.15, -0.1) is 0 Å². The summed E-state index contributed by atoms with van der Waals surface area (Å²) in [6.07, 6.45) is 6.60. The second kappa shape index (κ2) is 10.4. The summed E-state index contributed by atoms with van der Waals surface area (Å²) in [4.78, 5) is 31.7. The van der Waals surface area contributed by atoms with Gasteiger partial charge in [-0.1, -0.05) is 66.7 Å². The van der Waals surface area contributed by atoms with Crippen LogP contribution < -0.4 is 5.32 Å². The van der Waals surface area contributed by atoms with E-state index in [0.29, 0.717) is 30.3 Å². The van der Waals surface area contributed by atoms with E-state index in [1.165, 1.54) is 5.56 Å². The van der Waals surface area contributed by atoms with Gasteiger partial charge in [0.1, 0.15) is 5.70 Å². The number of amides is 2. The van der Waals surface area contributed by atoms with Gasteiger partial charge in [0.25, 0.3) is 11.8 Å². The van der Waals surface area contributed by atoms with Gasteiger partial charge >= 0.3 is 0 Å². The second-order valence-electron chi connectivity index (χ2n) is 9.09. The minimum atomic E-state index is -0.288. The van der Waals surface area contributed by atoms with Crippen molar-refractivity contribution in [3.63, 3.8) is 0 Å². The molecule has 3 aromatic carbocycles. The summed E-state index contributed by atoms with van der Waals surface area (Å²) >= 11 is 0. The number of nitrogens with zero attached hydrogens (tertiary/aromatic N) is 1. The van der Waals surface area contributed by atoms with Crippen LogP contribution in [0.15, 0.2) is 96.8 Å². The minimum Gasteiger partial charge on any atom is -0.361 e. The van der Waals surface area contributed by atoms with Gasteiger partial charge in [-0.25, -0.2) is 0 Å². The summed E-state index contributed by atoms with van der Waals surface area (Å²) < 4.78 is 0. The lowest BCUT2D eigenvalue weighted by Gasteiger charge is -2.32. The molecule has 0 radical (unpaired) electrons. The summed E-state index contributed by atoms with van der Waals surface area (Å²) in [6, 6.07) is 27.4.